The van der Waals surface area contributed by atoms with E-state index in [-0.39, 0.29) is 7.43 Å². The molecular formula is C7H20N2O4. The van der Waals surface area contributed by atoms with Crippen molar-refractivity contribution in [2.75, 3.05) is 39.6 Å². The molecule has 0 aromatic rings. The van der Waals surface area contributed by atoms with E-state index in [1.165, 1.54) is 0 Å². The van der Waals surface area contributed by atoms with Crippen LogP contribution >= 0.6 is 0 Å². The first-order chi connectivity index (χ1) is 5.91. The van der Waals surface area contributed by atoms with Crippen LogP contribution < -0.4 is 11.8 Å². The zero-order chi connectivity index (χ0) is 9.07. The molecule has 0 aromatic heterocycles. The standard InChI is InChI=1S/C6H16N2O4.CH4/c7-11-5-3-9-1-2-10-4-6-12-8;/h1-8H2;1H4. The predicted octanol–water partition coefficient (Wildman–Crippen LogP) is -0.564. The lowest BCUT2D eigenvalue weighted by atomic mass is 10.7. The maximum atomic E-state index is 5.05. The van der Waals surface area contributed by atoms with Crippen LogP contribution in [-0.4, -0.2) is 39.6 Å². The summed E-state index contributed by atoms with van der Waals surface area (Å²) >= 11 is 0. The number of nitrogens with two attached hydrogens (primary N) is 2. The first-order valence-corrected chi connectivity index (χ1v) is 3.70. The number of ether oxygens (including phenoxy) is 2. The van der Waals surface area contributed by atoms with Crippen molar-refractivity contribution in [3.63, 3.8) is 0 Å². The van der Waals surface area contributed by atoms with Crippen molar-refractivity contribution >= 4 is 0 Å². The molecule has 0 radical (unpaired) electrons. The van der Waals surface area contributed by atoms with Gasteiger partial charge in [-0.2, -0.15) is 0 Å². The van der Waals surface area contributed by atoms with Gasteiger partial charge in [-0.25, -0.2) is 11.8 Å². The van der Waals surface area contributed by atoms with Gasteiger partial charge >= 0.3 is 0 Å². The highest BCUT2D eigenvalue weighted by atomic mass is 16.6. The van der Waals surface area contributed by atoms with Gasteiger partial charge in [0.2, 0.25) is 0 Å². The van der Waals surface area contributed by atoms with E-state index in [0.29, 0.717) is 39.6 Å². The lowest BCUT2D eigenvalue weighted by molar-refractivity contribution is -0.00225. The van der Waals surface area contributed by atoms with Crippen LogP contribution in [0.5, 0.6) is 0 Å². The Morgan fingerprint density at radius 2 is 0.923 bits per heavy atom. The largest absolute Gasteiger partial charge is 0.377 e. The van der Waals surface area contributed by atoms with Gasteiger partial charge in [-0.1, -0.05) is 7.43 Å². The highest BCUT2D eigenvalue weighted by molar-refractivity contribution is 4.31. The zero-order valence-corrected chi connectivity index (χ0v) is 7.03. The molecule has 4 N–H and O–H groups in total. The first-order valence-electron chi connectivity index (χ1n) is 3.70. The Bertz CT molecular complexity index is 74.9. The molecule has 0 aliphatic carbocycles. The molecule has 0 heterocycles. The molecule has 82 valence electrons. The molecule has 0 saturated heterocycles. The van der Waals surface area contributed by atoms with Gasteiger partial charge in [0.25, 0.3) is 0 Å². The second-order valence-corrected chi connectivity index (χ2v) is 1.97. The van der Waals surface area contributed by atoms with Gasteiger partial charge in [-0.3, -0.25) is 0 Å². The van der Waals surface area contributed by atoms with Crippen LogP contribution in [0.4, 0.5) is 0 Å². The van der Waals surface area contributed by atoms with Crippen LogP contribution in [0.2, 0.25) is 0 Å². The molecule has 0 bridgehead atoms. The molecule has 0 aromatic carbocycles. The Hall–Kier alpha value is -0.240. The van der Waals surface area contributed by atoms with Crippen LogP contribution in [0.3, 0.4) is 0 Å². The number of hydrogen-bond acceptors (Lipinski definition) is 6. The Morgan fingerprint density at radius 1 is 0.615 bits per heavy atom. The van der Waals surface area contributed by atoms with Crippen LogP contribution in [0, 0.1) is 0 Å². The van der Waals surface area contributed by atoms with E-state index in [1.54, 1.807) is 0 Å². The van der Waals surface area contributed by atoms with Crippen LogP contribution in [0.15, 0.2) is 0 Å². The number of hydrogen-bond donors (Lipinski definition) is 2. The molecule has 0 aliphatic heterocycles. The van der Waals surface area contributed by atoms with Gasteiger partial charge in [0.15, 0.2) is 0 Å². The minimum Gasteiger partial charge on any atom is -0.377 e. The van der Waals surface area contributed by atoms with Gasteiger partial charge in [0.05, 0.1) is 39.6 Å². The Balaban J connectivity index is 0. The summed E-state index contributed by atoms with van der Waals surface area (Å²) in [6.07, 6.45) is 0. The van der Waals surface area contributed by atoms with E-state index in [2.05, 4.69) is 9.68 Å². The Kier molecular flexibility index (Phi) is 16.8. The van der Waals surface area contributed by atoms with Gasteiger partial charge in [-0.15, -0.1) is 0 Å². The summed E-state index contributed by atoms with van der Waals surface area (Å²) in [6, 6.07) is 0. The topological polar surface area (TPSA) is 89.0 Å². The second-order valence-electron chi connectivity index (χ2n) is 1.97. The smallest absolute Gasteiger partial charge is 0.0913 e. The van der Waals surface area contributed by atoms with E-state index in [9.17, 15) is 0 Å². The summed E-state index contributed by atoms with van der Waals surface area (Å²) in [5.41, 5.74) is 0. The SMILES string of the molecule is C.NOCCOCCOCCON. The van der Waals surface area contributed by atoms with E-state index in [0.717, 1.165) is 0 Å². The average molecular weight is 196 g/mol. The highest BCUT2D eigenvalue weighted by Crippen LogP contribution is 1.78. The molecule has 6 nitrogen and oxygen atoms in total. The summed E-state index contributed by atoms with van der Waals surface area (Å²) in [5, 5.41) is 0. The van der Waals surface area contributed by atoms with E-state index < -0.39 is 0 Å². The third-order valence-corrected chi connectivity index (χ3v) is 1.06. The van der Waals surface area contributed by atoms with E-state index >= 15 is 0 Å². The third kappa shape index (κ3) is 14.6. The van der Waals surface area contributed by atoms with Crippen LogP contribution in [-0.2, 0) is 19.1 Å². The molecule has 0 rings (SSSR count). The summed E-state index contributed by atoms with van der Waals surface area (Å²) in [5.74, 6) is 9.53. The fraction of sp³-hybridized carbons (Fsp3) is 1.00. The normalized spacial score (nSPS) is 9.69. The summed E-state index contributed by atoms with van der Waals surface area (Å²) < 4.78 is 10.1. The number of rotatable bonds is 9. The quantitative estimate of drug-likeness (QED) is 0.379. The molecule has 0 saturated carbocycles. The summed E-state index contributed by atoms with van der Waals surface area (Å²) in [6.45, 7) is 2.79. The molecule has 13 heavy (non-hydrogen) atoms. The lowest BCUT2D eigenvalue weighted by Gasteiger charge is -2.03. The van der Waals surface area contributed by atoms with Gasteiger partial charge < -0.3 is 19.1 Å². The zero-order valence-electron chi connectivity index (χ0n) is 7.03. The van der Waals surface area contributed by atoms with Crippen molar-refractivity contribution in [1.29, 1.82) is 0 Å². The van der Waals surface area contributed by atoms with Crippen LogP contribution in [0.1, 0.15) is 7.43 Å². The molecule has 0 spiro atoms. The van der Waals surface area contributed by atoms with Crippen molar-refractivity contribution < 1.29 is 19.1 Å². The molecule has 0 aliphatic rings. The highest BCUT2D eigenvalue weighted by Gasteiger charge is 1.89. The lowest BCUT2D eigenvalue weighted by Crippen LogP contribution is -2.13. The molecule has 0 unspecified atom stereocenters. The van der Waals surface area contributed by atoms with Gasteiger partial charge in [-0.05, 0) is 0 Å². The van der Waals surface area contributed by atoms with E-state index in [1.807, 2.05) is 0 Å². The monoisotopic (exact) mass is 196 g/mol. The van der Waals surface area contributed by atoms with Crippen molar-refractivity contribution in [1.82, 2.24) is 0 Å². The van der Waals surface area contributed by atoms with Crippen molar-refractivity contribution in [3.05, 3.63) is 0 Å². The molecule has 0 atom stereocenters. The molecule has 0 fully saturated rings. The average Bonchev–Trinajstić information content (AvgIpc) is 2.10. The fourth-order valence-corrected chi connectivity index (χ4v) is 0.536. The van der Waals surface area contributed by atoms with Gasteiger partial charge in [0, 0.05) is 0 Å². The first kappa shape index (κ1) is 15.2. The second kappa shape index (κ2) is 14.3. The van der Waals surface area contributed by atoms with Gasteiger partial charge in [0.1, 0.15) is 0 Å². The van der Waals surface area contributed by atoms with Crippen molar-refractivity contribution in [2.24, 2.45) is 11.8 Å². The molecular weight excluding hydrogens is 176 g/mol. The van der Waals surface area contributed by atoms with E-state index in [4.69, 9.17) is 21.3 Å². The molecule has 0 amide bonds. The maximum absolute atomic E-state index is 5.05. The Labute approximate surface area is 79.0 Å². The predicted molar refractivity (Wildman–Crippen MR) is 48.6 cm³/mol. The minimum absolute atomic E-state index is 0. The third-order valence-electron chi connectivity index (χ3n) is 1.06. The van der Waals surface area contributed by atoms with Crippen molar-refractivity contribution in [2.45, 2.75) is 7.43 Å². The maximum Gasteiger partial charge on any atom is 0.0913 e. The van der Waals surface area contributed by atoms with Crippen molar-refractivity contribution in [3.8, 4) is 0 Å². The van der Waals surface area contributed by atoms with Crippen LogP contribution in [0.25, 0.3) is 0 Å². The summed E-state index contributed by atoms with van der Waals surface area (Å²) in [7, 11) is 0. The minimum atomic E-state index is 0. The molecule has 6 heteroatoms. The Morgan fingerprint density at radius 3 is 1.23 bits per heavy atom. The fourth-order valence-electron chi connectivity index (χ4n) is 0.536. The summed E-state index contributed by atoms with van der Waals surface area (Å²) in [4.78, 5) is 8.57.